The Balaban J connectivity index is 1.74. The number of benzene rings is 2. The third kappa shape index (κ3) is 3.55. The highest BCUT2D eigenvalue weighted by Crippen LogP contribution is 2.25. The predicted octanol–water partition coefficient (Wildman–Crippen LogP) is 4.79. The lowest BCUT2D eigenvalue weighted by molar-refractivity contribution is 0.0941. The van der Waals surface area contributed by atoms with Gasteiger partial charge in [0.1, 0.15) is 0 Å². The molecule has 0 bridgehead atoms. The summed E-state index contributed by atoms with van der Waals surface area (Å²) in [7, 11) is 0. The fourth-order valence-corrected chi connectivity index (χ4v) is 3.12. The highest BCUT2D eigenvalue weighted by Gasteiger charge is 2.16. The van der Waals surface area contributed by atoms with E-state index in [9.17, 15) is 4.79 Å². The molecule has 4 rings (SSSR count). The number of nitrogens with one attached hydrogen (secondary N) is 1. The van der Waals surface area contributed by atoms with Crippen LogP contribution in [0, 0.1) is 0 Å². The second-order valence-electron chi connectivity index (χ2n) is 6.42. The van der Waals surface area contributed by atoms with E-state index in [2.05, 4.69) is 10.3 Å². The van der Waals surface area contributed by atoms with Crippen molar-refractivity contribution in [3.63, 3.8) is 0 Å². The molecule has 2 aromatic carbocycles. The van der Waals surface area contributed by atoms with Gasteiger partial charge in [0.25, 0.3) is 5.91 Å². The van der Waals surface area contributed by atoms with Crippen LogP contribution in [0.3, 0.4) is 0 Å². The maximum absolute atomic E-state index is 13.1. The number of aromatic nitrogens is 2. The van der Waals surface area contributed by atoms with Crippen LogP contribution in [0.4, 0.5) is 0 Å². The zero-order chi connectivity index (χ0) is 18.6. The van der Waals surface area contributed by atoms with Gasteiger partial charge in [-0.05, 0) is 36.8 Å². The molecule has 4 nitrogen and oxygen atoms in total. The summed E-state index contributed by atoms with van der Waals surface area (Å²) >= 11 is 0. The molecule has 0 fully saturated rings. The third-order valence-corrected chi connectivity index (χ3v) is 4.57. The number of nitrogens with zero attached hydrogens (tertiary/aromatic N) is 2. The summed E-state index contributed by atoms with van der Waals surface area (Å²) in [5.74, 6) is -0.116. The summed E-state index contributed by atoms with van der Waals surface area (Å²) in [4.78, 5) is 21.9. The number of hydrogen-bond donors (Lipinski definition) is 1. The summed E-state index contributed by atoms with van der Waals surface area (Å²) < 4.78 is 0. The average Bonchev–Trinajstić information content (AvgIpc) is 2.74. The van der Waals surface area contributed by atoms with Crippen molar-refractivity contribution in [2.75, 3.05) is 0 Å². The molecule has 27 heavy (non-hydrogen) atoms. The zero-order valence-corrected chi connectivity index (χ0v) is 15.0. The molecule has 2 aromatic heterocycles. The summed E-state index contributed by atoms with van der Waals surface area (Å²) in [5, 5.41) is 3.94. The van der Waals surface area contributed by atoms with Crippen molar-refractivity contribution in [1.29, 1.82) is 0 Å². The van der Waals surface area contributed by atoms with Crippen molar-refractivity contribution < 1.29 is 4.79 Å². The summed E-state index contributed by atoms with van der Waals surface area (Å²) in [6.07, 6.45) is 3.48. The van der Waals surface area contributed by atoms with Crippen molar-refractivity contribution in [3.05, 3.63) is 96.3 Å². The van der Waals surface area contributed by atoms with Crippen LogP contribution in [-0.4, -0.2) is 15.9 Å². The van der Waals surface area contributed by atoms with Crippen LogP contribution in [0.1, 0.15) is 28.9 Å². The number of pyridine rings is 2. The molecule has 0 aliphatic rings. The topological polar surface area (TPSA) is 54.9 Å². The fourth-order valence-electron chi connectivity index (χ4n) is 3.12. The molecule has 0 saturated carbocycles. The van der Waals surface area contributed by atoms with Gasteiger partial charge in [-0.2, -0.15) is 0 Å². The number of carbonyl (C=O) groups is 1. The number of amides is 1. The van der Waals surface area contributed by atoms with Crippen molar-refractivity contribution in [3.8, 4) is 11.3 Å². The highest BCUT2D eigenvalue weighted by atomic mass is 16.1. The van der Waals surface area contributed by atoms with Crippen LogP contribution >= 0.6 is 0 Å². The summed E-state index contributed by atoms with van der Waals surface area (Å²) in [5.41, 5.74) is 4.09. The largest absolute Gasteiger partial charge is 0.345 e. The van der Waals surface area contributed by atoms with Gasteiger partial charge in [0, 0.05) is 23.3 Å². The van der Waals surface area contributed by atoms with Crippen LogP contribution in [0.15, 0.2) is 85.2 Å². The van der Waals surface area contributed by atoms with E-state index in [-0.39, 0.29) is 11.9 Å². The maximum Gasteiger partial charge on any atom is 0.252 e. The van der Waals surface area contributed by atoms with Gasteiger partial charge in [-0.1, -0.05) is 48.5 Å². The molecule has 0 unspecified atom stereocenters. The highest BCUT2D eigenvalue weighted by molar-refractivity contribution is 6.07. The Morgan fingerprint density at radius 3 is 2.52 bits per heavy atom. The number of hydrogen-bond acceptors (Lipinski definition) is 3. The van der Waals surface area contributed by atoms with Crippen LogP contribution in [0.2, 0.25) is 0 Å². The van der Waals surface area contributed by atoms with Gasteiger partial charge in [-0.3, -0.25) is 9.78 Å². The molecule has 2 heterocycles. The Hall–Kier alpha value is -3.53. The smallest absolute Gasteiger partial charge is 0.252 e. The first-order valence-electron chi connectivity index (χ1n) is 8.88. The first kappa shape index (κ1) is 16.9. The molecule has 0 spiro atoms. The van der Waals surface area contributed by atoms with E-state index in [1.165, 1.54) is 0 Å². The minimum absolute atomic E-state index is 0.0903. The van der Waals surface area contributed by atoms with Gasteiger partial charge in [0.2, 0.25) is 0 Å². The Labute approximate surface area is 157 Å². The van der Waals surface area contributed by atoms with E-state index in [0.29, 0.717) is 5.56 Å². The second kappa shape index (κ2) is 7.38. The van der Waals surface area contributed by atoms with E-state index in [1.807, 2.05) is 79.7 Å². The van der Waals surface area contributed by atoms with Gasteiger partial charge in [0.15, 0.2) is 0 Å². The molecule has 1 N–H and O–H groups in total. The van der Waals surface area contributed by atoms with Crippen LogP contribution in [0.5, 0.6) is 0 Å². The van der Waals surface area contributed by atoms with Crippen LogP contribution < -0.4 is 5.32 Å². The zero-order valence-electron chi connectivity index (χ0n) is 15.0. The molecule has 4 aromatic rings. The van der Waals surface area contributed by atoms with Gasteiger partial charge in [-0.15, -0.1) is 0 Å². The lowest BCUT2D eigenvalue weighted by Gasteiger charge is -2.16. The van der Waals surface area contributed by atoms with E-state index in [4.69, 9.17) is 4.98 Å². The molecular formula is C23H19N3O. The van der Waals surface area contributed by atoms with E-state index >= 15 is 0 Å². The minimum Gasteiger partial charge on any atom is -0.345 e. The Morgan fingerprint density at radius 1 is 0.963 bits per heavy atom. The van der Waals surface area contributed by atoms with Crippen LogP contribution in [0.25, 0.3) is 22.2 Å². The Morgan fingerprint density at radius 2 is 1.74 bits per heavy atom. The fraction of sp³-hybridized carbons (Fsp3) is 0.0870. The van der Waals surface area contributed by atoms with E-state index < -0.39 is 0 Å². The van der Waals surface area contributed by atoms with Gasteiger partial charge in [0.05, 0.1) is 22.8 Å². The molecule has 0 aliphatic heterocycles. The second-order valence-corrected chi connectivity index (χ2v) is 6.42. The van der Waals surface area contributed by atoms with Crippen molar-refractivity contribution >= 4 is 16.8 Å². The van der Waals surface area contributed by atoms with Gasteiger partial charge in [-0.25, -0.2) is 4.98 Å². The normalized spacial score (nSPS) is 11.9. The first-order valence-corrected chi connectivity index (χ1v) is 8.88. The van der Waals surface area contributed by atoms with E-state index in [0.717, 1.165) is 27.7 Å². The quantitative estimate of drug-likeness (QED) is 0.574. The lowest BCUT2D eigenvalue weighted by Crippen LogP contribution is -2.27. The molecule has 0 aliphatic carbocycles. The third-order valence-electron chi connectivity index (χ3n) is 4.57. The first-order chi connectivity index (χ1) is 13.2. The molecule has 4 heteroatoms. The molecule has 132 valence electrons. The number of fused-ring (bicyclic) bond motifs is 1. The standard InChI is InChI=1S/C23H19N3O/c1-16(17-8-3-2-4-9-17)25-23(27)20-14-22(18-10-7-13-24-15-18)26-21-12-6-5-11-19(20)21/h2-16H,1H3,(H,25,27)/t16-/m0/s1. The number of carbonyl (C=O) groups excluding carboxylic acids is 1. The molecule has 1 atom stereocenters. The van der Waals surface area contributed by atoms with Crippen LogP contribution in [-0.2, 0) is 0 Å². The van der Waals surface area contributed by atoms with Crippen molar-refractivity contribution in [2.24, 2.45) is 0 Å². The SMILES string of the molecule is C[C@H](NC(=O)c1cc(-c2cccnc2)nc2ccccc12)c1ccccc1. The Bertz CT molecular complexity index is 1080. The molecule has 0 radical (unpaired) electrons. The monoisotopic (exact) mass is 353 g/mol. The molecule has 0 saturated heterocycles. The van der Waals surface area contributed by atoms with E-state index in [1.54, 1.807) is 12.4 Å². The van der Waals surface area contributed by atoms with Crippen molar-refractivity contribution in [2.45, 2.75) is 13.0 Å². The predicted molar refractivity (Wildman–Crippen MR) is 107 cm³/mol. The molecular weight excluding hydrogens is 334 g/mol. The number of rotatable bonds is 4. The van der Waals surface area contributed by atoms with Gasteiger partial charge < -0.3 is 5.32 Å². The minimum atomic E-state index is -0.116. The number of para-hydroxylation sites is 1. The van der Waals surface area contributed by atoms with Crippen molar-refractivity contribution in [1.82, 2.24) is 15.3 Å². The average molecular weight is 353 g/mol. The molecule has 1 amide bonds. The van der Waals surface area contributed by atoms with Gasteiger partial charge >= 0.3 is 0 Å². The maximum atomic E-state index is 13.1. The summed E-state index contributed by atoms with van der Waals surface area (Å²) in [6.45, 7) is 1.98. The summed E-state index contributed by atoms with van der Waals surface area (Å²) in [6, 6.07) is 23.2. The lowest BCUT2D eigenvalue weighted by atomic mass is 10.0. The Kier molecular flexibility index (Phi) is 4.62.